The maximum Gasteiger partial charge on any atom is 0.188 e. The van der Waals surface area contributed by atoms with Gasteiger partial charge in [0, 0.05) is 31.9 Å². The second kappa shape index (κ2) is 5.87. The standard InChI is InChI=1S/C17H20N4/c18-17(19)21-12-10-20(11-13-21)16-8-6-15(7-9-16)14-4-2-1-3-5-14/h1-9H,10-13H2,(H3,18,19). The molecule has 1 aliphatic heterocycles. The monoisotopic (exact) mass is 280 g/mol. The van der Waals surface area contributed by atoms with Gasteiger partial charge in [0.05, 0.1) is 0 Å². The number of nitrogens with two attached hydrogens (primary N) is 1. The molecule has 0 amide bonds. The van der Waals surface area contributed by atoms with E-state index in [1.54, 1.807) is 0 Å². The first-order chi connectivity index (χ1) is 10.2. The Hall–Kier alpha value is -2.49. The number of nitrogens with one attached hydrogen (secondary N) is 1. The third kappa shape index (κ3) is 2.99. The van der Waals surface area contributed by atoms with E-state index in [4.69, 9.17) is 11.1 Å². The molecule has 0 aliphatic carbocycles. The molecule has 21 heavy (non-hydrogen) atoms. The lowest BCUT2D eigenvalue weighted by Crippen LogP contribution is -2.50. The number of piperazine rings is 1. The molecule has 3 N–H and O–H groups in total. The summed E-state index contributed by atoms with van der Waals surface area (Å²) in [6.07, 6.45) is 0. The highest BCUT2D eigenvalue weighted by molar-refractivity contribution is 5.75. The smallest absolute Gasteiger partial charge is 0.188 e. The molecule has 4 heteroatoms. The minimum Gasteiger partial charge on any atom is -0.370 e. The number of anilines is 1. The zero-order valence-electron chi connectivity index (χ0n) is 12.0. The number of guanidine groups is 1. The largest absolute Gasteiger partial charge is 0.370 e. The zero-order valence-corrected chi connectivity index (χ0v) is 12.0. The number of rotatable bonds is 2. The number of hydrogen-bond donors (Lipinski definition) is 2. The molecule has 0 unspecified atom stereocenters. The van der Waals surface area contributed by atoms with Crippen molar-refractivity contribution < 1.29 is 0 Å². The van der Waals surface area contributed by atoms with E-state index in [0.717, 1.165) is 26.2 Å². The lowest BCUT2D eigenvalue weighted by molar-refractivity contribution is 0.380. The molecule has 1 saturated heterocycles. The van der Waals surface area contributed by atoms with Crippen molar-refractivity contribution in [1.82, 2.24) is 4.90 Å². The third-order valence-electron chi connectivity index (χ3n) is 3.96. The maximum absolute atomic E-state index is 7.47. The molecule has 1 aliphatic rings. The van der Waals surface area contributed by atoms with Crippen molar-refractivity contribution in [2.45, 2.75) is 0 Å². The Kier molecular flexibility index (Phi) is 3.77. The minimum absolute atomic E-state index is 0.175. The Morgan fingerprint density at radius 1 is 0.810 bits per heavy atom. The molecule has 0 atom stereocenters. The van der Waals surface area contributed by atoms with Crippen LogP contribution < -0.4 is 10.6 Å². The van der Waals surface area contributed by atoms with E-state index in [2.05, 4.69) is 53.4 Å². The molecular formula is C17H20N4. The van der Waals surface area contributed by atoms with Crippen LogP contribution in [-0.2, 0) is 0 Å². The predicted octanol–water partition coefficient (Wildman–Crippen LogP) is 2.37. The van der Waals surface area contributed by atoms with Crippen LogP contribution in [0, 0.1) is 5.41 Å². The highest BCUT2D eigenvalue weighted by Gasteiger charge is 2.17. The van der Waals surface area contributed by atoms with E-state index in [0.29, 0.717) is 0 Å². The summed E-state index contributed by atoms with van der Waals surface area (Å²) in [7, 11) is 0. The number of benzene rings is 2. The van der Waals surface area contributed by atoms with Gasteiger partial charge < -0.3 is 15.5 Å². The number of hydrogen-bond acceptors (Lipinski definition) is 2. The average molecular weight is 280 g/mol. The van der Waals surface area contributed by atoms with Crippen LogP contribution in [0.4, 0.5) is 5.69 Å². The van der Waals surface area contributed by atoms with Gasteiger partial charge in [0.2, 0.25) is 0 Å². The summed E-state index contributed by atoms with van der Waals surface area (Å²) in [5.74, 6) is 0.175. The molecule has 1 fully saturated rings. The van der Waals surface area contributed by atoms with Crippen LogP contribution in [-0.4, -0.2) is 37.0 Å². The fraction of sp³-hybridized carbons (Fsp3) is 0.235. The van der Waals surface area contributed by atoms with Gasteiger partial charge in [-0.2, -0.15) is 0 Å². The molecule has 0 saturated carbocycles. The van der Waals surface area contributed by atoms with Gasteiger partial charge in [0.25, 0.3) is 0 Å². The van der Waals surface area contributed by atoms with Crippen molar-refractivity contribution >= 4 is 11.6 Å². The van der Waals surface area contributed by atoms with Gasteiger partial charge in [0.15, 0.2) is 5.96 Å². The fourth-order valence-corrected chi connectivity index (χ4v) is 2.70. The van der Waals surface area contributed by atoms with Crippen LogP contribution in [0.2, 0.25) is 0 Å². The van der Waals surface area contributed by atoms with Crippen molar-refractivity contribution in [2.75, 3.05) is 31.1 Å². The van der Waals surface area contributed by atoms with E-state index < -0.39 is 0 Å². The lowest BCUT2D eigenvalue weighted by atomic mass is 10.1. The molecule has 0 bridgehead atoms. The van der Waals surface area contributed by atoms with Crippen LogP contribution in [0.25, 0.3) is 11.1 Å². The Morgan fingerprint density at radius 3 is 1.95 bits per heavy atom. The van der Waals surface area contributed by atoms with Gasteiger partial charge in [-0.25, -0.2) is 0 Å². The summed E-state index contributed by atoms with van der Waals surface area (Å²) in [5.41, 5.74) is 9.24. The van der Waals surface area contributed by atoms with Crippen LogP contribution in [0.3, 0.4) is 0 Å². The average Bonchev–Trinajstić information content (AvgIpc) is 2.56. The summed E-state index contributed by atoms with van der Waals surface area (Å²) in [6, 6.07) is 19.1. The first-order valence-corrected chi connectivity index (χ1v) is 7.23. The van der Waals surface area contributed by atoms with Gasteiger partial charge in [-0.1, -0.05) is 42.5 Å². The van der Waals surface area contributed by atoms with E-state index in [1.807, 2.05) is 11.0 Å². The van der Waals surface area contributed by atoms with Gasteiger partial charge in [-0.05, 0) is 23.3 Å². The summed E-state index contributed by atoms with van der Waals surface area (Å²) in [5, 5.41) is 7.47. The molecular weight excluding hydrogens is 260 g/mol. The van der Waals surface area contributed by atoms with Crippen molar-refractivity contribution in [3.8, 4) is 11.1 Å². The van der Waals surface area contributed by atoms with Crippen molar-refractivity contribution in [3.05, 3.63) is 54.6 Å². The Balaban J connectivity index is 1.69. The highest BCUT2D eigenvalue weighted by atomic mass is 15.3. The van der Waals surface area contributed by atoms with Gasteiger partial charge in [-0.3, -0.25) is 5.41 Å². The second-order valence-corrected chi connectivity index (χ2v) is 5.27. The van der Waals surface area contributed by atoms with Gasteiger partial charge in [0.1, 0.15) is 0 Å². The maximum atomic E-state index is 7.47. The van der Waals surface area contributed by atoms with Crippen LogP contribution in [0.5, 0.6) is 0 Å². The van der Waals surface area contributed by atoms with E-state index >= 15 is 0 Å². The molecule has 0 spiro atoms. The van der Waals surface area contributed by atoms with Crippen molar-refractivity contribution in [3.63, 3.8) is 0 Å². The van der Waals surface area contributed by atoms with Crippen LogP contribution >= 0.6 is 0 Å². The zero-order chi connectivity index (χ0) is 14.7. The van der Waals surface area contributed by atoms with E-state index in [9.17, 15) is 0 Å². The minimum atomic E-state index is 0.175. The molecule has 3 rings (SSSR count). The topological polar surface area (TPSA) is 56.4 Å². The Bertz CT molecular complexity index is 598. The third-order valence-corrected chi connectivity index (χ3v) is 3.96. The summed E-state index contributed by atoms with van der Waals surface area (Å²) < 4.78 is 0. The lowest BCUT2D eigenvalue weighted by Gasteiger charge is -2.36. The first-order valence-electron chi connectivity index (χ1n) is 7.23. The molecule has 108 valence electrons. The summed E-state index contributed by atoms with van der Waals surface area (Å²) in [6.45, 7) is 3.44. The second-order valence-electron chi connectivity index (χ2n) is 5.27. The van der Waals surface area contributed by atoms with Crippen LogP contribution in [0.15, 0.2) is 54.6 Å². The van der Waals surface area contributed by atoms with Crippen molar-refractivity contribution in [2.24, 2.45) is 5.73 Å². The number of nitrogens with zero attached hydrogens (tertiary/aromatic N) is 2. The quantitative estimate of drug-likeness (QED) is 0.656. The summed E-state index contributed by atoms with van der Waals surface area (Å²) >= 11 is 0. The summed E-state index contributed by atoms with van der Waals surface area (Å²) in [4.78, 5) is 4.25. The van der Waals surface area contributed by atoms with Gasteiger partial charge >= 0.3 is 0 Å². The predicted molar refractivity (Wildman–Crippen MR) is 87.6 cm³/mol. The molecule has 0 aromatic heterocycles. The molecule has 2 aromatic carbocycles. The van der Waals surface area contributed by atoms with Gasteiger partial charge in [-0.15, -0.1) is 0 Å². The van der Waals surface area contributed by atoms with Crippen LogP contribution in [0.1, 0.15) is 0 Å². The molecule has 2 aromatic rings. The van der Waals surface area contributed by atoms with E-state index in [-0.39, 0.29) is 5.96 Å². The first kappa shape index (κ1) is 13.5. The SMILES string of the molecule is N=C(N)N1CCN(c2ccc(-c3ccccc3)cc2)CC1. The molecule has 1 heterocycles. The van der Waals surface area contributed by atoms with Crippen molar-refractivity contribution in [1.29, 1.82) is 5.41 Å². The molecule has 4 nitrogen and oxygen atoms in total. The Morgan fingerprint density at radius 2 is 1.38 bits per heavy atom. The molecule has 0 radical (unpaired) electrons. The Labute approximate surface area is 125 Å². The highest BCUT2D eigenvalue weighted by Crippen LogP contribution is 2.23. The van der Waals surface area contributed by atoms with E-state index in [1.165, 1.54) is 16.8 Å². The normalized spacial score (nSPS) is 15.0. The fourth-order valence-electron chi connectivity index (χ4n) is 2.70.